The van der Waals surface area contributed by atoms with Gasteiger partial charge in [0.25, 0.3) is 0 Å². The van der Waals surface area contributed by atoms with Crippen molar-refractivity contribution in [2.24, 2.45) is 0 Å². The molecule has 9 aromatic heterocycles. The third-order valence-corrected chi connectivity index (χ3v) is 17.1. The van der Waals surface area contributed by atoms with Gasteiger partial charge in [0.05, 0.1) is 105 Å². The molecule has 115 heavy (non-hydrogen) atoms. The maximum Gasteiger partial charge on any atom is 3.00 e. The van der Waals surface area contributed by atoms with Gasteiger partial charge in [0, 0.05) is 0 Å². The predicted molar refractivity (Wildman–Crippen MR) is 391 cm³/mol. The number of hydrogen-bond donors (Lipinski definition) is 0. The Morgan fingerprint density at radius 3 is 0.470 bits per heavy atom. The first-order chi connectivity index (χ1) is 53.7. The molecule has 43 heteroatoms. The molecule has 0 atom stereocenters. The summed E-state index contributed by atoms with van der Waals surface area (Å²) >= 11 is 0. The summed E-state index contributed by atoms with van der Waals surface area (Å²) < 4.78 is 187. The van der Waals surface area contributed by atoms with Gasteiger partial charge >= 0.3 is 65.9 Å². The van der Waals surface area contributed by atoms with Crippen molar-refractivity contribution in [2.45, 2.75) is 58.1 Å². The molecule has 0 N–H and O–H groups in total. The van der Waals surface area contributed by atoms with Crippen molar-refractivity contribution >= 4 is 30.4 Å². The minimum Gasteiger partial charge on any atom is -0.741 e. The fraction of sp³-hybridized carbons (Fsp3) is 0.125. The Kier molecular flexibility index (Phi) is 28.1. The summed E-state index contributed by atoms with van der Waals surface area (Å²) in [6.07, 6.45) is 11.2. The zero-order valence-electron chi connectivity index (χ0n) is 60.1. The molecular weight excluding hydrogens is 1720 g/mol. The SMILES string of the molecule is Cc1ccc(-n2cc(-c3cccc(-c4cn(-c5ccc(C)cc5)nn4)n3)nn2)cc1.Cc1ccc(-n2cc(-c3cccc(-c4cn(-c5ccc(C)cc5)nn4)n3)nn2)cc1.Cc1ccc(-n2cc(-c3cccc(-c4cn(-c5ccc(C)cc5)nn4)n3)nn2)cc1.O=S(=O)([O-])C(F)(F)F.O=S(=O)([O-])C(F)(F)F.O=S(=O)([O-])C(F)(F)F.[Eu+3]. The maximum atomic E-state index is 10.7. The van der Waals surface area contributed by atoms with Crippen molar-refractivity contribution in [3.05, 3.63) is 271 Å². The normalized spacial score (nSPS) is 11.5. The second-order valence-corrected chi connectivity index (χ2v) is 28.3. The van der Waals surface area contributed by atoms with Crippen molar-refractivity contribution in [3.63, 3.8) is 0 Å². The van der Waals surface area contributed by atoms with E-state index < -0.39 is 46.9 Å². The molecule has 0 amide bonds. The van der Waals surface area contributed by atoms with Crippen LogP contribution < -0.4 is 0 Å². The van der Waals surface area contributed by atoms with Crippen LogP contribution in [-0.4, -0.2) is 160 Å². The first-order valence-electron chi connectivity index (χ1n) is 32.7. The molecule has 6 aromatic carbocycles. The monoisotopic (exact) mass is 1780 g/mol. The number of benzene rings is 6. The average molecular weight is 1780 g/mol. The van der Waals surface area contributed by atoms with Crippen LogP contribution in [0.1, 0.15) is 33.4 Å². The Morgan fingerprint density at radius 1 is 0.235 bits per heavy atom. The van der Waals surface area contributed by atoms with Gasteiger partial charge < -0.3 is 13.7 Å². The van der Waals surface area contributed by atoms with Gasteiger partial charge in [0.1, 0.15) is 34.2 Å². The van der Waals surface area contributed by atoms with E-state index >= 15 is 0 Å². The van der Waals surface area contributed by atoms with Crippen LogP contribution in [0.25, 0.3) is 102 Å². The first kappa shape index (κ1) is 87.3. The van der Waals surface area contributed by atoms with E-state index in [9.17, 15) is 39.5 Å². The fourth-order valence-electron chi connectivity index (χ4n) is 9.39. The van der Waals surface area contributed by atoms with E-state index in [1.54, 1.807) is 28.1 Å². The van der Waals surface area contributed by atoms with Gasteiger partial charge in [0.15, 0.2) is 30.4 Å². The van der Waals surface area contributed by atoms with Crippen LogP contribution in [0.2, 0.25) is 0 Å². The molecule has 0 fully saturated rings. The molecule has 0 aliphatic heterocycles. The van der Waals surface area contributed by atoms with Crippen LogP contribution >= 0.6 is 0 Å². The van der Waals surface area contributed by atoms with Crippen LogP contribution in [0.5, 0.6) is 0 Å². The van der Waals surface area contributed by atoms with Crippen molar-refractivity contribution in [3.8, 4) is 102 Å². The molecule has 9 heterocycles. The quantitative estimate of drug-likeness (QED) is 0.0623. The second kappa shape index (κ2) is 37.1. The topological polar surface area (TPSA) is 395 Å². The number of nitrogens with zero attached hydrogens (tertiary/aromatic N) is 21. The summed E-state index contributed by atoms with van der Waals surface area (Å²) in [4.78, 5) is 14.2. The van der Waals surface area contributed by atoms with Gasteiger partial charge in [-0.3, -0.25) is 0 Å². The van der Waals surface area contributed by atoms with Crippen LogP contribution in [0, 0.1) is 90.9 Å². The number of rotatable bonds is 12. The minimum atomic E-state index is -6.09. The predicted octanol–water partition coefficient (Wildman–Crippen LogP) is 12.7. The molecule has 0 aliphatic carbocycles. The van der Waals surface area contributed by atoms with E-state index in [1.807, 2.05) is 237 Å². The number of halogens is 9. The molecule has 0 saturated heterocycles. The molecule has 15 aromatic rings. The number of aryl methyl sites for hydroxylation is 6. The first-order valence-corrected chi connectivity index (χ1v) is 36.9. The Bertz CT molecular complexity index is 5240. The number of alkyl halides is 9. The molecule has 30 nitrogen and oxygen atoms in total. The number of hydrogen-bond acceptors (Lipinski definition) is 24. The van der Waals surface area contributed by atoms with Crippen LogP contribution in [0.4, 0.5) is 39.5 Å². The standard InChI is InChI=1S/3C23H19N7.3CHF3O3S.Eu/c3*1-16-6-10-18(11-7-16)29-14-22(25-27-29)20-4-3-5-21(24-20)23-15-30(28-26-23)19-12-8-17(2)9-13-19;3*2-1(3,4)8(5,6)7;/h3*3-15H,1-2H3;3*(H,5,6,7);/q;;;;;;+3/p-3. The molecule has 0 bridgehead atoms. The molecule has 0 spiro atoms. The summed E-state index contributed by atoms with van der Waals surface area (Å²) in [6.45, 7) is 12.3. The Labute approximate surface area is 688 Å². The number of pyridine rings is 3. The van der Waals surface area contributed by atoms with Gasteiger partial charge in [0.2, 0.25) is 0 Å². The molecule has 0 radical (unpaired) electrons. The molecule has 15 rings (SSSR count). The van der Waals surface area contributed by atoms with Crippen molar-refractivity contribution < 1.29 is 128 Å². The summed E-state index contributed by atoms with van der Waals surface area (Å²) in [5.74, 6) is 0. The number of aromatic nitrogens is 21. The van der Waals surface area contributed by atoms with E-state index in [0.717, 1.165) is 68.3 Å². The van der Waals surface area contributed by atoms with E-state index in [4.69, 9.17) is 53.9 Å². The van der Waals surface area contributed by atoms with Crippen LogP contribution in [-0.2, 0) is 30.4 Å². The fourth-order valence-corrected chi connectivity index (χ4v) is 9.39. The average Bonchev–Trinajstić information content (AvgIpc) is 1.69. The Hall–Kier alpha value is -11.7. The van der Waals surface area contributed by atoms with Crippen LogP contribution in [0.3, 0.4) is 0 Å². The van der Waals surface area contributed by atoms with Gasteiger partial charge in [-0.05, 0) is 151 Å². The summed E-state index contributed by atoms with van der Waals surface area (Å²) in [5.41, 5.74) is 4.58. The Morgan fingerprint density at radius 2 is 0.357 bits per heavy atom. The van der Waals surface area contributed by atoms with E-state index in [0.29, 0.717) is 34.2 Å². The van der Waals surface area contributed by atoms with Crippen molar-refractivity contribution in [1.82, 2.24) is 105 Å². The second-order valence-electron chi connectivity index (χ2n) is 24.2. The minimum absolute atomic E-state index is 0. The molecule has 0 unspecified atom stereocenters. The van der Waals surface area contributed by atoms with E-state index in [1.165, 1.54) is 33.4 Å². The summed E-state index contributed by atoms with van der Waals surface area (Å²) in [6, 6.07) is 66.1. The molecule has 0 saturated carbocycles. The largest absolute Gasteiger partial charge is 3.00 e. The molecule has 592 valence electrons. The zero-order chi connectivity index (χ0) is 82.5. The van der Waals surface area contributed by atoms with E-state index in [-0.39, 0.29) is 49.4 Å². The third-order valence-electron chi connectivity index (χ3n) is 15.4. The van der Waals surface area contributed by atoms with E-state index in [2.05, 4.69) is 103 Å². The maximum absolute atomic E-state index is 10.7. The van der Waals surface area contributed by atoms with Gasteiger partial charge in [-0.15, -0.1) is 30.6 Å². The van der Waals surface area contributed by atoms with Gasteiger partial charge in [-0.1, -0.05) is 156 Å². The Balaban J connectivity index is 0.000000172. The summed E-state index contributed by atoms with van der Waals surface area (Å²) in [7, 11) is -18.3. The van der Waals surface area contributed by atoms with Crippen LogP contribution in [0.15, 0.2) is 237 Å². The van der Waals surface area contributed by atoms with Crippen molar-refractivity contribution in [1.29, 1.82) is 0 Å². The molecular formula is C72H57EuF9N21O9S3. The van der Waals surface area contributed by atoms with Crippen molar-refractivity contribution in [2.75, 3.05) is 0 Å². The third kappa shape index (κ3) is 23.9. The zero-order valence-corrected chi connectivity index (χ0v) is 65.0. The van der Waals surface area contributed by atoms with Gasteiger partial charge in [-0.25, -0.2) is 68.3 Å². The van der Waals surface area contributed by atoms with Gasteiger partial charge in [-0.2, -0.15) is 39.5 Å². The molecule has 0 aliphatic rings. The summed E-state index contributed by atoms with van der Waals surface area (Å²) in [5, 5.41) is 51.2. The smallest absolute Gasteiger partial charge is 0.741 e.